The van der Waals surface area contributed by atoms with Crippen LogP contribution >= 0.6 is 0 Å². The van der Waals surface area contributed by atoms with Gasteiger partial charge >= 0.3 is 0 Å². The third-order valence-corrected chi connectivity index (χ3v) is 5.64. The molecule has 1 fully saturated rings. The first-order valence-electron chi connectivity index (χ1n) is 10.1. The molecule has 0 unspecified atom stereocenters. The van der Waals surface area contributed by atoms with Gasteiger partial charge < -0.3 is 19.4 Å². The van der Waals surface area contributed by atoms with Crippen molar-refractivity contribution in [3.8, 4) is 16.9 Å². The number of fused-ring (bicyclic) bond motifs is 3. The van der Waals surface area contributed by atoms with Crippen LogP contribution in [0.3, 0.4) is 0 Å². The molecular formula is C24H23N3O3. The fourth-order valence-electron chi connectivity index (χ4n) is 4.14. The van der Waals surface area contributed by atoms with Gasteiger partial charge in [-0.2, -0.15) is 0 Å². The van der Waals surface area contributed by atoms with Crippen LogP contribution in [0.1, 0.15) is 15.9 Å². The summed E-state index contributed by atoms with van der Waals surface area (Å²) in [7, 11) is 1.67. The van der Waals surface area contributed by atoms with Crippen LogP contribution < -0.4 is 4.74 Å². The van der Waals surface area contributed by atoms with E-state index in [1.165, 1.54) is 0 Å². The molecule has 152 valence electrons. The molecule has 2 aromatic heterocycles. The molecule has 1 N–H and O–H groups in total. The number of ether oxygens (including phenoxy) is 2. The van der Waals surface area contributed by atoms with E-state index in [1.54, 1.807) is 7.11 Å². The Labute approximate surface area is 174 Å². The second-order valence-corrected chi connectivity index (χ2v) is 7.58. The number of methoxy groups -OCH3 is 1. The third kappa shape index (κ3) is 3.09. The fourth-order valence-corrected chi connectivity index (χ4v) is 4.14. The lowest BCUT2D eigenvalue weighted by Gasteiger charge is -2.27. The predicted molar refractivity (Wildman–Crippen MR) is 117 cm³/mol. The summed E-state index contributed by atoms with van der Waals surface area (Å²) < 4.78 is 11.0. The zero-order chi connectivity index (χ0) is 20.7. The van der Waals surface area contributed by atoms with Gasteiger partial charge in [-0.25, -0.2) is 4.98 Å². The van der Waals surface area contributed by atoms with Gasteiger partial charge in [0.05, 0.1) is 25.8 Å². The number of aryl methyl sites for hydroxylation is 1. The molecule has 0 saturated carbocycles. The van der Waals surface area contributed by atoms with Gasteiger partial charge in [0.2, 0.25) is 0 Å². The molecule has 1 amide bonds. The van der Waals surface area contributed by atoms with E-state index in [0.29, 0.717) is 31.9 Å². The molecule has 1 aliphatic rings. The quantitative estimate of drug-likeness (QED) is 0.559. The van der Waals surface area contributed by atoms with Crippen LogP contribution in [0.5, 0.6) is 5.75 Å². The monoisotopic (exact) mass is 401 g/mol. The molecule has 1 saturated heterocycles. The number of H-pyrrole nitrogens is 1. The minimum Gasteiger partial charge on any atom is -0.495 e. The van der Waals surface area contributed by atoms with Gasteiger partial charge in [0.1, 0.15) is 11.4 Å². The minimum atomic E-state index is 0.0429. The summed E-state index contributed by atoms with van der Waals surface area (Å²) in [5, 5.41) is 2.10. The van der Waals surface area contributed by atoms with Crippen molar-refractivity contribution >= 4 is 27.8 Å². The summed E-state index contributed by atoms with van der Waals surface area (Å²) in [5.74, 6) is 0.811. The molecule has 3 heterocycles. The Morgan fingerprint density at radius 2 is 2.00 bits per heavy atom. The van der Waals surface area contributed by atoms with E-state index in [9.17, 15) is 4.79 Å². The Hall–Kier alpha value is -3.38. The number of morpholine rings is 1. The summed E-state index contributed by atoms with van der Waals surface area (Å²) in [4.78, 5) is 22.8. The van der Waals surface area contributed by atoms with E-state index >= 15 is 0 Å². The average molecular weight is 401 g/mol. The third-order valence-electron chi connectivity index (χ3n) is 5.64. The Morgan fingerprint density at radius 3 is 2.80 bits per heavy atom. The van der Waals surface area contributed by atoms with Gasteiger partial charge in [0.25, 0.3) is 5.91 Å². The summed E-state index contributed by atoms with van der Waals surface area (Å²) in [5.41, 5.74) is 5.54. The number of hydrogen-bond donors (Lipinski definition) is 1. The van der Waals surface area contributed by atoms with Crippen molar-refractivity contribution in [3.63, 3.8) is 0 Å². The number of hydrogen-bond acceptors (Lipinski definition) is 4. The van der Waals surface area contributed by atoms with Crippen LogP contribution in [0.15, 0.2) is 48.7 Å². The molecule has 1 aliphatic heterocycles. The van der Waals surface area contributed by atoms with Crippen LogP contribution in [0.25, 0.3) is 33.1 Å². The van der Waals surface area contributed by atoms with Gasteiger partial charge in [0, 0.05) is 35.6 Å². The lowest BCUT2D eigenvalue weighted by molar-refractivity contribution is 0.0303. The second kappa shape index (κ2) is 7.46. The maximum absolute atomic E-state index is 13.0. The number of aromatic nitrogens is 2. The van der Waals surface area contributed by atoms with Crippen molar-refractivity contribution in [2.24, 2.45) is 0 Å². The molecule has 0 spiro atoms. The standard InChI is InChI=1S/C24H23N3O3/c1-15-12-19-21-18(6-7-20(29-2)22(21)26-23(19)25-14-15)16-4-3-5-17(13-16)24(28)27-8-10-30-11-9-27/h3-7,12-14H,8-11H2,1-2H3,(H,25,26). The first-order chi connectivity index (χ1) is 14.7. The highest BCUT2D eigenvalue weighted by Crippen LogP contribution is 2.39. The smallest absolute Gasteiger partial charge is 0.254 e. The Kier molecular flexibility index (Phi) is 4.64. The summed E-state index contributed by atoms with van der Waals surface area (Å²) in [6, 6.07) is 14.0. The van der Waals surface area contributed by atoms with E-state index in [2.05, 4.69) is 22.1 Å². The number of nitrogens with zero attached hydrogens (tertiary/aromatic N) is 2. The molecule has 30 heavy (non-hydrogen) atoms. The van der Waals surface area contributed by atoms with Gasteiger partial charge in [-0.05, 0) is 53.9 Å². The van der Waals surface area contributed by atoms with Crippen molar-refractivity contribution < 1.29 is 14.3 Å². The molecule has 0 aliphatic carbocycles. The zero-order valence-corrected chi connectivity index (χ0v) is 17.1. The van der Waals surface area contributed by atoms with E-state index < -0.39 is 0 Å². The number of carbonyl (C=O) groups is 1. The van der Waals surface area contributed by atoms with E-state index in [4.69, 9.17) is 9.47 Å². The van der Waals surface area contributed by atoms with Crippen molar-refractivity contribution in [1.29, 1.82) is 0 Å². The summed E-state index contributed by atoms with van der Waals surface area (Å²) in [6.45, 7) is 4.47. The number of benzene rings is 2. The summed E-state index contributed by atoms with van der Waals surface area (Å²) in [6.07, 6.45) is 1.85. The molecule has 6 heteroatoms. The number of rotatable bonds is 3. The normalized spacial score (nSPS) is 14.4. The Balaban J connectivity index is 1.67. The van der Waals surface area contributed by atoms with E-state index in [1.807, 2.05) is 48.4 Å². The SMILES string of the molecule is COc1ccc(-c2cccc(C(=O)N3CCOCC3)c2)c2c1[nH]c1ncc(C)cc12. The Bertz CT molecular complexity index is 1260. The first-order valence-corrected chi connectivity index (χ1v) is 10.1. The van der Waals surface area contributed by atoms with Gasteiger partial charge in [-0.1, -0.05) is 12.1 Å². The number of aromatic amines is 1. The van der Waals surface area contributed by atoms with E-state index in [-0.39, 0.29) is 5.91 Å². The van der Waals surface area contributed by atoms with Crippen LogP contribution in [0.2, 0.25) is 0 Å². The molecule has 0 atom stereocenters. The second-order valence-electron chi connectivity index (χ2n) is 7.58. The highest BCUT2D eigenvalue weighted by atomic mass is 16.5. The van der Waals surface area contributed by atoms with Crippen LogP contribution in [-0.4, -0.2) is 54.2 Å². The van der Waals surface area contributed by atoms with Gasteiger partial charge in [-0.3, -0.25) is 4.79 Å². The zero-order valence-electron chi connectivity index (χ0n) is 17.1. The topological polar surface area (TPSA) is 67.4 Å². The van der Waals surface area contributed by atoms with Crippen molar-refractivity contribution in [2.75, 3.05) is 33.4 Å². The van der Waals surface area contributed by atoms with Crippen molar-refractivity contribution in [1.82, 2.24) is 14.9 Å². The lowest BCUT2D eigenvalue weighted by Crippen LogP contribution is -2.40. The average Bonchev–Trinajstić information content (AvgIpc) is 3.17. The number of nitrogens with one attached hydrogen (secondary N) is 1. The van der Waals surface area contributed by atoms with Crippen LogP contribution in [0.4, 0.5) is 0 Å². The largest absolute Gasteiger partial charge is 0.495 e. The highest BCUT2D eigenvalue weighted by molar-refractivity contribution is 6.15. The number of amides is 1. The van der Waals surface area contributed by atoms with Crippen molar-refractivity contribution in [2.45, 2.75) is 6.92 Å². The highest BCUT2D eigenvalue weighted by Gasteiger charge is 2.20. The van der Waals surface area contributed by atoms with Crippen LogP contribution in [0, 0.1) is 6.92 Å². The minimum absolute atomic E-state index is 0.0429. The number of pyridine rings is 1. The molecule has 6 nitrogen and oxygen atoms in total. The molecule has 0 bridgehead atoms. The molecular weight excluding hydrogens is 378 g/mol. The maximum Gasteiger partial charge on any atom is 0.254 e. The van der Waals surface area contributed by atoms with Gasteiger partial charge in [0.15, 0.2) is 0 Å². The first kappa shape index (κ1) is 18.6. The lowest BCUT2D eigenvalue weighted by atomic mass is 9.97. The Morgan fingerprint density at radius 1 is 1.17 bits per heavy atom. The predicted octanol–water partition coefficient (Wildman–Crippen LogP) is 4.17. The fraction of sp³-hybridized carbons (Fsp3) is 0.250. The van der Waals surface area contributed by atoms with Crippen molar-refractivity contribution in [3.05, 3.63) is 59.8 Å². The molecule has 5 rings (SSSR count). The summed E-state index contributed by atoms with van der Waals surface area (Å²) >= 11 is 0. The maximum atomic E-state index is 13.0. The van der Waals surface area contributed by atoms with E-state index in [0.717, 1.165) is 44.4 Å². The number of carbonyl (C=O) groups excluding carboxylic acids is 1. The van der Waals surface area contributed by atoms with Gasteiger partial charge in [-0.15, -0.1) is 0 Å². The van der Waals surface area contributed by atoms with Crippen LogP contribution in [-0.2, 0) is 4.74 Å². The molecule has 4 aromatic rings. The molecule has 0 radical (unpaired) electrons. The molecule has 2 aromatic carbocycles.